The van der Waals surface area contributed by atoms with Crippen LogP contribution in [0, 0.1) is 0 Å². The number of aromatic nitrogens is 4. The fourth-order valence-electron chi connectivity index (χ4n) is 1.18. The molecule has 0 fully saturated rings. The summed E-state index contributed by atoms with van der Waals surface area (Å²) in [5.74, 6) is 1.44. The Kier molecular flexibility index (Phi) is 3.22. The van der Waals surface area contributed by atoms with E-state index in [9.17, 15) is 0 Å². The highest BCUT2D eigenvalue weighted by Gasteiger charge is 1.97. The Morgan fingerprint density at radius 1 is 1.19 bits per heavy atom. The Balaban J connectivity index is 1.99. The summed E-state index contributed by atoms with van der Waals surface area (Å²) >= 11 is 0. The summed E-state index contributed by atoms with van der Waals surface area (Å²) in [6.07, 6.45) is 6.56. The number of hydrogen-bond acceptors (Lipinski definition) is 6. The number of nitrogens with zero attached hydrogens (tertiary/aromatic N) is 4. The molecule has 0 saturated heterocycles. The first-order valence-electron chi connectivity index (χ1n) is 4.87. The van der Waals surface area contributed by atoms with E-state index in [0.29, 0.717) is 12.4 Å². The lowest BCUT2D eigenvalue weighted by Gasteiger charge is -2.05. The van der Waals surface area contributed by atoms with E-state index in [1.165, 1.54) is 6.33 Å². The van der Waals surface area contributed by atoms with Crippen LogP contribution in [0.25, 0.3) is 0 Å². The van der Waals surface area contributed by atoms with Crippen molar-refractivity contribution in [1.29, 1.82) is 0 Å². The number of hydrogen-bond donors (Lipinski definition) is 2. The van der Waals surface area contributed by atoms with Crippen LogP contribution in [0.5, 0.6) is 0 Å². The molecule has 0 aromatic carbocycles. The van der Waals surface area contributed by atoms with Gasteiger partial charge in [0.05, 0.1) is 24.6 Å². The quantitative estimate of drug-likeness (QED) is 0.791. The van der Waals surface area contributed by atoms with E-state index in [0.717, 1.165) is 11.5 Å². The molecule has 0 amide bonds. The summed E-state index contributed by atoms with van der Waals surface area (Å²) in [4.78, 5) is 16.3. The SMILES string of the molecule is CNc1cncc(NCc2ccncn2)n1. The highest BCUT2D eigenvalue weighted by atomic mass is 15.1. The van der Waals surface area contributed by atoms with E-state index in [4.69, 9.17) is 0 Å². The molecule has 0 saturated carbocycles. The van der Waals surface area contributed by atoms with Crippen molar-refractivity contribution in [2.75, 3.05) is 17.7 Å². The molecule has 82 valence electrons. The normalized spacial score (nSPS) is 9.81. The molecule has 0 aliphatic heterocycles. The van der Waals surface area contributed by atoms with Gasteiger partial charge in [-0.15, -0.1) is 0 Å². The lowest BCUT2D eigenvalue weighted by atomic mass is 10.4. The Labute approximate surface area is 93.2 Å². The second-order valence-corrected chi connectivity index (χ2v) is 3.09. The molecule has 2 aromatic rings. The second kappa shape index (κ2) is 5.01. The van der Waals surface area contributed by atoms with Crippen LogP contribution in [-0.4, -0.2) is 27.0 Å². The van der Waals surface area contributed by atoms with Crippen LogP contribution in [0.1, 0.15) is 5.69 Å². The molecule has 6 heteroatoms. The van der Waals surface area contributed by atoms with Crippen molar-refractivity contribution in [3.05, 3.63) is 36.7 Å². The summed E-state index contributed by atoms with van der Waals surface area (Å²) in [5.41, 5.74) is 0.909. The van der Waals surface area contributed by atoms with Crippen molar-refractivity contribution >= 4 is 11.6 Å². The van der Waals surface area contributed by atoms with Gasteiger partial charge in [-0.25, -0.2) is 15.0 Å². The standard InChI is InChI=1S/C10H12N6/c1-11-9-5-13-6-10(16-9)14-4-8-2-3-12-7-15-8/h2-3,5-7H,4H2,1H3,(H2,11,14,16). The largest absolute Gasteiger partial charge is 0.372 e. The molecule has 2 N–H and O–H groups in total. The average Bonchev–Trinajstić information content (AvgIpc) is 2.38. The summed E-state index contributed by atoms with van der Waals surface area (Å²) in [6.45, 7) is 0.602. The molecule has 0 aliphatic rings. The molecule has 0 atom stereocenters. The highest BCUT2D eigenvalue weighted by molar-refractivity contribution is 5.41. The topological polar surface area (TPSA) is 75.6 Å². The molecule has 2 heterocycles. The van der Waals surface area contributed by atoms with E-state index in [2.05, 4.69) is 30.6 Å². The van der Waals surface area contributed by atoms with E-state index in [-0.39, 0.29) is 0 Å². The Morgan fingerprint density at radius 2 is 2.06 bits per heavy atom. The second-order valence-electron chi connectivity index (χ2n) is 3.09. The van der Waals surface area contributed by atoms with Gasteiger partial charge in [-0.3, -0.25) is 4.98 Å². The van der Waals surface area contributed by atoms with Gasteiger partial charge in [0.1, 0.15) is 18.0 Å². The molecule has 0 radical (unpaired) electrons. The van der Waals surface area contributed by atoms with Crippen molar-refractivity contribution in [2.45, 2.75) is 6.54 Å². The van der Waals surface area contributed by atoms with Crippen LogP contribution < -0.4 is 10.6 Å². The van der Waals surface area contributed by atoms with Gasteiger partial charge in [0.2, 0.25) is 0 Å². The molecule has 0 spiro atoms. The Bertz CT molecular complexity index is 444. The first-order chi connectivity index (χ1) is 7.88. The lowest BCUT2D eigenvalue weighted by Crippen LogP contribution is -2.04. The van der Waals surface area contributed by atoms with Crippen molar-refractivity contribution in [3.63, 3.8) is 0 Å². The molecular formula is C10H12N6. The maximum atomic E-state index is 4.28. The minimum absolute atomic E-state index is 0.602. The minimum Gasteiger partial charge on any atom is -0.372 e. The molecule has 16 heavy (non-hydrogen) atoms. The molecule has 6 nitrogen and oxygen atoms in total. The van der Waals surface area contributed by atoms with Gasteiger partial charge in [-0.05, 0) is 6.07 Å². The van der Waals surface area contributed by atoms with Crippen molar-refractivity contribution in [2.24, 2.45) is 0 Å². The van der Waals surface area contributed by atoms with Crippen LogP contribution in [0.2, 0.25) is 0 Å². The predicted octanol–water partition coefficient (Wildman–Crippen LogP) is 0.920. The number of rotatable bonds is 4. The third-order valence-corrected chi connectivity index (χ3v) is 1.98. The first-order valence-corrected chi connectivity index (χ1v) is 4.87. The van der Waals surface area contributed by atoms with E-state index < -0.39 is 0 Å². The average molecular weight is 216 g/mol. The van der Waals surface area contributed by atoms with Crippen LogP contribution in [-0.2, 0) is 6.54 Å². The van der Waals surface area contributed by atoms with E-state index in [1.807, 2.05) is 6.07 Å². The lowest BCUT2D eigenvalue weighted by molar-refractivity contribution is 0.991. The monoisotopic (exact) mass is 216 g/mol. The Morgan fingerprint density at radius 3 is 2.81 bits per heavy atom. The highest BCUT2D eigenvalue weighted by Crippen LogP contribution is 2.06. The van der Waals surface area contributed by atoms with Gasteiger partial charge in [-0.1, -0.05) is 0 Å². The first kappa shape index (κ1) is 10.3. The van der Waals surface area contributed by atoms with Crippen LogP contribution in [0.4, 0.5) is 11.6 Å². The third-order valence-electron chi connectivity index (χ3n) is 1.98. The van der Waals surface area contributed by atoms with Crippen molar-refractivity contribution in [1.82, 2.24) is 19.9 Å². The van der Waals surface area contributed by atoms with Crippen molar-refractivity contribution < 1.29 is 0 Å². The fraction of sp³-hybridized carbons (Fsp3) is 0.200. The van der Waals surface area contributed by atoms with E-state index in [1.54, 1.807) is 25.6 Å². The van der Waals surface area contributed by atoms with Crippen LogP contribution >= 0.6 is 0 Å². The zero-order valence-electron chi connectivity index (χ0n) is 8.88. The molecule has 0 bridgehead atoms. The number of nitrogens with one attached hydrogen (secondary N) is 2. The maximum absolute atomic E-state index is 4.28. The molecular weight excluding hydrogens is 204 g/mol. The summed E-state index contributed by atoms with van der Waals surface area (Å²) < 4.78 is 0. The van der Waals surface area contributed by atoms with Gasteiger partial charge in [0.15, 0.2) is 0 Å². The zero-order chi connectivity index (χ0) is 11.2. The van der Waals surface area contributed by atoms with Gasteiger partial charge in [-0.2, -0.15) is 0 Å². The van der Waals surface area contributed by atoms with Gasteiger partial charge in [0.25, 0.3) is 0 Å². The van der Waals surface area contributed by atoms with Crippen molar-refractivity contribution in [3.8, 4) is 0 Å². The van der Waals surface area contributed by atoms with Gasteiger partial charge in [0, 0.05) is 13.2 Å². The zero-order valence-corrected chi connectivity index (χ0v) is 8.88. The third kappa shape index (κ3) is 2.63. The Hall–Kier alpha value is -2.24. The van der Waals surface area contributed by atoms with E-state index >= 15 is 0 Å². The summed E-state index contributed by atoms with van der Waals surface area (Å²) in [5, 5.41) is 6.06. The fourth-order valence-corrected chi connectivity index (χ4v) is 1.18. The van der Waals surface area contributed by atoms with Gasteiger partial charge >= 0.3 is 0 Å². The molecule has 0 aliphatic carbocycles. The summed E-state index contributed by atoms with van der Waals surface area (Å²) in [7, 11) is 1.80. The van der Waals surface area contributed by atoms with Crippen LogP contribution in [0.3, 0.4) is 0 Å². The molecule has 2 rings (SSSR count). The van der Waals surface area contributed by atoms with Gasteiger partial charge < -0.3 is 10.6 Å². The predicted molar refractivity (Wildman–Crippen MR) is 60.9 cm³/mol. The molecule has 0 unspecified atom stereocenters. The van der Waals surface area contributed by atoms with Crippen LogP contribution in [0.15, 0.2) is 31.0 Å². The molecule has 2 aromatic heterocycles. The smallest absolute Gasteiger partial charge is 0.147 e. The number of anilines is 2. The summed E-state index contributed by atoms with van der Waals surface area (Å²) in [6, 6.07) is 1.85. The minimum atomic E-state index is 0.602. The maximum Gasteiger partial charge on any atom is 0.147 e.